The van der Waals surface area contributed by atoms with Crippen molar-refractivity contribution in [3.8, 4) is 5.75 Å². The van der Waals surface area contributed by atoms with E-state index in [2.05, 4.69) is 5.32 Å². The number of nitrogens with one attached hydrogen (secondary N) is 1. The third kappa shape index (κ3) is 4.76. The second-order valence-corrected chi connectivity index (χ2v) is 10.2. The van der Waals surface area contributed by atoms with Gasteiger partial charge in [-0.3, -0.25) is 4.79 Å². The van der Waals surface area contributed by atoms with Crippen LogP contribution >= 0.6 is 0 Å². The molecule has 2 atom stereocenters. The summed E-state index contributed by atoms with van der Waals surface area (Å²) in [5.41, 5.74) is 5.76. The third-order valence-electron chi connectivity index (χ3n) is 4.08. The van der Waals surface area contributed by atoms with Gasteiger partial charge in [0.05, 0.1) is 30.8 Å². The first-order valence-corrected chi connectivity index (χ1v) is 11.3. The number of amides is 1. The van der Waals surface area contributed by atoms with Crippen LogP contribution in [0.2, 0.25) is 0 Å². The van der Waals surface area contributed by atoms with Gasteiger partial charge in [-0.05, 0) is 18.2 Å². The topological polar surface area (TPSA) is 156 Å². The zero-order valence-corrected chi connectivity index (χ0v) is 16.6. The van der Waals surface area contributed by atoms with E-state index < -0.39 is 43.5 Å². The molecule has 0 saturated carbocycles. The van der Waals surface area contributed by atoms with Crippen molar-refractivity contribution in [2.45, 2.75) is 24.0 Å². The van der Waals surface area contributed by atoms with E-state index in [9.17, 15) is 26.7 Å². The highest BCUT2D eigenvalue weighted by Crippen LogP contribution is 2.32. The Morgan fingerprint density at radius 3 is 2.56 bits per heavy atom. The maximum atomic E-state index is 13.3. The van der Waals surface area contributed by atoms with Crippen molar-refractivity contribution >= 4 is 31.5 Å². The van der Waals surface area contributed by atoms with E-state index in [1.807, 2.05) is 0 Å². The second kappa shape index (κ2) is 8.10. The summed E-state index contributed by atoms with van der Waals surface area (Å²) in [6, 6.07) is 2.91. The average molecular weight is 421 g/mol. The molecule has 0 unspecified atom stereocenters. The molecule has 0 bridgehead atoms. The van der Waals surface area contributed by atoms with Gasteiger partial charge in [0.2, 0.25) is 15.9 Å². The van der Waals surface area contributed by atoms with Gasteiger partial charge in [0.25, 0.3) is 0 Å². The zero-order valence-electron chi connectivity index (χ0n) is 15.0. The van der Waals surface area contributed by atoms with Crippen LogP contribution in [0.5, 0.6) is 5.75 Å². The molecule has 1 heterocycles. The lowest BCUT2D eigenvalue weighted by Gasteiger charge is -2.29. The summed E-state index contributed by atoms with van der Waals surface area (Å²) in [6.07, 6.45) is -1.36. The standard InChI is InChI=1S/C15H23N3O7S2/c1-10(19)17-11-3-4-14(25-2)15(7-11)27(23,24)18(6-5-16)12-8-26(21,22)9-13(12)20/h3-4,7,12-13,20H,5-6,8-9,16H2,1-2H3,(H,17,19)/t12-,13-/m0/s1. The van der Waals surface area contributed by atoms with E-state index in [4.69, 9.17) is 10.5 Å². The molecule has 1 fully saturated rings. The molecule has 1 aliphatic heterocycles. The summed E-state index contributed by atoms with van der Waals surface area (Å²) >= 11 is 0. The van der Waals surface area contributed by atoms with Crippen LogP contribution in [-0.2, 0) is 24.7 Å². The number of aliphatic hydroxyl groups is 1. The average Bonchev–Trinajstić information content (AvgIpc) is 2.84. The summed E-state index contributed by atoms with van der Waals surface area (Å²) in [7, 11) is -6.57. The molecule has 4 N–H and O–H groups in total. The lowest BCUT2D eigenvalue weighted by atomic mass is 10.2. The number of sulfone groups is 1. The van der Waals surface area contributed by atoms with Crippen molar-refractivity contribution in [1.82, 2.24) is 4.31 Å². The number of benzene rings is 1. The Bertz CT molecular complexity index is 915. The Kier molecular flexibility index (Phi) is 6.47. The molecular formula is C15H23N3O7S2. The van der Waals surface area contributed by atoms with Crippen LogP contribution in [0.1, 0.15) is 6.92 Å². The molecule has 1 aromatic carbocycles. The van der Waals surface area contributed by atoms with Crippen LogP contribution in [-0.4, -0.2) is 76.0 Å². The molecule has 0 aliphatic carbocycles. The molecule has 2 rings (SSSR count). The number of rotatable bonds is 7. The number of ether oxygens (including phenoxy) is 1. The molecule has 0 radical (unpaired) electrons. The Morgan fingerprint density at radius 2 is 2.07 bits per heavy atom. The summed E-state index contributed by atoms with van der Waals surface area (Å²) in [6.45, 7) is 1.02. The fraction of sp³-hybridized carbons (Fsp3) is 0.533. The van der Waals surface area contributed by atoms with Gasteiger partial charge in [0.15, 0.2) is 9.84 Å². The largest absolute Gasteiger partial charge is 0.495 e. The van der Waals surface area contributed by atoms with Crippen molar-refractivity contribution in [3.63, 3.8) is 0 Å². The number of carbonyl (C=O) groups excluding carboxylic acids is 1. The Balaban J connectivity index is 2.54. The minimum Gasteiger partial charge on any atom is -0.495 e. The number of aliphatic hydroxyl groups excluding tert-OH is 1. The first kappa shape index (κ1) is 21.6. The molecule has 10 nitrogen and oxygen atoms in total. The van der Waals surface area contributed by atoms with Crippen LogP contribution in [0.15, 0.2) is 23.1 Å². The Labute approximate surface area is 158 Å². The van der Waals surface area contributed by atoms with Gasteiger partial charge < -0.3 is 20.9 Å². The van der Waals surface area contributed by atoms with Crippen LogP contribution in [0.25, 0.3) is 0 Å². The van der Waals surface area contributed by atoms with Crippen molar-refractivity contribution in [2.24, 2.45) is 5.73 Å². The van der Waals surface area contributed by atoms with Crippen molar-refractivity contribution < 1.29 is 31.5 Å². The number of carbonyl (C=O) groups is 1. The maximum Gasteiger partial charge on any atom is 0.247 e. The summed E-state index contributed by atoms with van der Waals surface area (Å²) < 4.78 is 56.2. The zero-order chi connectivity index (χ0) is 20.4. The molecule has 12 heteroatoms. The van der Waals surface area contributed by atoms with E-state index in [0.29, 0.717) is 0 Å². The highest BCUT2D eigenvalue weighted by Gasteiger charge is 2.45. The van der Waals surface area contributed by atoms with Crippen molar-refractivity contribution in [2.75, 3.05) is 37.0 Å². The summed E-state index contributed by atoms with van der Waals surface area (Å²) in [5.74, 6) is -1.39. The number of sulfonamides is 1. The van der Waals surface area contributed by atoms with Gasteiger partial charge in [-0.15, -0.1) is 0 Å². The van der Waals surface area contributed by atoms with Crippen LogP contribution < -0.4 is 15.8 Å². The lowest BCUT2D eigenvalue weighted by Crippen LogP contribution is -2.48. The third-order valence-corrected chi connectivity index (χ3v) is 7.73. The van der Waals surface area contributed by atoms with Gasteiger partial charge in [0, 0.05) is 25.7 Å². The van der Waals surface area contributed by atoms with E-state index in [-0.39, 0.29) is 35.3 Å². The fourth-order valence-corrected chi connectivity index (χ4v) is 6.71. The number of nitrogens with two attached hydrogens (primary N) is 1. The van der Waals surface area contributed by atoms with Crippen LogP contribution in [0, 0.1) is 0 Å². The van der Waals surface area contributed by atoms with Gasteiger partial charge in [0.1, 0.15) is 10.6 Å². The maximum absolute atomic E-state index is 13.3. The predicted octanol–water partition coefficient (Wildman–Crippen LogP) is -1.24. The molecule has 1 saturated heterocycles. The van der Waals surface area contributed by atoms with E-state index >= 15 is 0 Å². The molecule has 1 aromatic rings. The molecule has 0 spiro atoms. The first-order chi connectivity index (χ1) is 12.5. The van der Waals surface area contributed by atoms with Gasteiger partial charge >= 0.3 is 0 Å². The van der Waals surface area contributed by atoms with Crippen molar-refractivity contribution in [3.05, 3.63) is 18.2 Å². The van der Waals surface area contributed by atoms with Crippen molar-refractivity contribution in [1.29, 1.82) is 0 Å². The smallest absolute Gasteiger partial charge is 0.247 e. The number of nitrogens with zero attached hydrogens (tertiary/aromatic N) is 1. The number of methoxy groups -OCH3 is 1. The minimum absolute atomic E-state index is 0.0152. The minimum atomic E-state index is -4.28. The SMILES string of the molecule is COc1ccc(NC(C)=O)cc1S(=O)(=O)N(CCN)[C@H]1CS(=O)(=O)C[C@@H]1O. The second-order valence-electron chi connectivity index (χ2n) is 6.16. The Hall–Kier alpha value is -1.73. The van der Waals surface area contributed by atoms with Gasteiger partial charge in [-0.25, -0.2) is 16.8 Å². The number of hydrogen-bond acceptors (Lipinski definition) is 8. The molecule has 0 aromatic heterocycles. The highest BCUT2D eigenvalue weighted by atomic mass is 32.2. The predicted molar refractivity (Wildman–Crippen MR) is 98.7 cm³/mol. The molecule has 1 amide bonds. The van der Waals surface area contributed by atoms with Crippen LogP contribution in [0.3, 0.4) is 0 Å². The number of hydrogen-bond donors (Lipinski definition) is 3. The molecular weight excluding hydrogens is 398 g/mol. The van der Waals surface area contributed by atoms with E-state index in [0.717, 1.165) is 4.31 Å². The molecule has 1 aliphatic rings. The highest BCUT2D eigenvalue weighted by molar-refractivity contribution is 7.92. The number of anilines is 1. The van der Waals surface area contributed by atoms with E-state index in [1.54, 1.807) is 0 Å². The quantitative estimate of drug-likeness (QED) is 0.494. The van der Waals surface area contributed by atoms with Gasteiger partial charge in [-0.2, -0.15) is 4.31 Å². The molecule has 152 valence electrons. The first-order valence-electron chi connectivity index (χ1n) is 8.08. The summed E-state index contributed by atoms with van der Waals surface area (Å²) in [4.78, 5) is 11.0. The Morgan fingerprint density at radius 1 is 1.41 bits per heavy atom. The van der Waals surface area contributed by atoms with Gasteiger partial charge in [-0.1, -0.05) is 0 Å². The summed E-state index contributed by atoms with van der Waals surface area (Å²) in [5, 5.41) is 12.6. The fourth-order valence-electron chi connectivity index (χ4n) is 2.96. The molecule has 27 heavy (non-hydrogen) atoms. The van der Waals surface area contributed by atoms with Crippen LogP contribution in [0.4, 0.5) is 5.69 Å². The van der Waals surface area contributed by atoms with E-state index in [1.165, 1.54) is 32.2 Å². The monoisotopic (exact) mass is 421 g/mol. The lowest BCUT2D eigenvalue weighted by molar-refractivity contribution is -0.114. The normalized spacial score (nSPS) is 22.0.